The number of nitriles is 1. The van der Waals surface area contributed by atoms with Crippen LogP contribution in [0.5, 0.6) is 11.5 Å². The quantitative estimate of drug-likeness (QED) is 0.210. The number of nitrogen functional groups attached to an aromatic ring is 1. The van der Waals surface area contributed by atoms with Crippen molar-refractivity contribution in [1.82, 2.24) is 34.9 Å². The summed E-state index contributed by atoms with van der Waals surface area (Å²) in [5.41, 5.74) is 6.94. The first kappa shape index (κ1) is 32.1. The third kappa shape index (κ3) is 6.68. The van der Waals surface area contributed by atoms with Crippen LogP contribution in [-0.4, -0.2) is 79.3 Å². The smallest absolute Gasteiger partial charge is 0.264 e. The van der Waals surface area contributed by atoms with Gasteiger partial charge < -0.3 is 20.7 Å². The molecule has 11 nitrogen and oxygen atoms in total. The molecule has 4 heterocycles. The zero-order valence-electron chi connectivity index (χ0n) is 27.2. The summed E-state index contributed by atoms with van der Waals surface area (Å²) in [6.07, 6.45) is 4.56. The van der Waals surface area contributed by atoms with Gasteiger partial charge in [0.25, 0.3) is 5.91 Å². The number of carbonyl (C=O) groups is 1. The highest BCUT2D eigenvalue weighted by molar-refractivity contribution is 5.99. The molecule has 2 aliphatic heterocycles. The van der Waals surface area contributed by atoms with Gasteiger partial charge in [-0.15, -0.1) is 0 Å². The number of aromatic nitrogens is 4. The summed E-state index contributed by atoms with van der Waals surface area (Å²) in [7, 11) is 0. The van der Waals surface area contributed by atoms with E-state index >= 15 is 4.39 Å². The van der Waals surface area contributed by atoms with Gasteiger partial charge in [0.2, 0.25) is 0 Å². The highest BCUT2D eigenvalue weighted by Crippen LogP contribution is 2.36. The number of piperazine rings is 1. The maximum Gasteiger partial charge on any atom is 0.264 e. The second kappa shape index (κ2) is 13.1. The fourth-order valence-electron chi connectivity index (χ4n) is 6.71. The number of carbonyl (C=O) groups excluding carboxylic acids is 1. The van der Waals surface area contributed by atoms with Gasteiger partial charge in [-0.1, -0.05) is 18.2 Å². The van der Waals surface area contributed by atoms with Crippen LogP contribution in [0.1, 0.15) is 46.6 Å². The number of nitrogens with zero attached hydrogens (tertiary/aromatic N) is 7. The van der Waals surface area contributed by atoms with E-state index in [9.17, 15) is 10.1 Å². The van der Waals surface area contributed by atoms with Crippen LogP contribution in [-0.2, 0) is 4.79 Å². The Morgan fingerprint density at radius 1 is 1.11 bits per heavy atom. The highest BCUT2D eigenvalue weighted by Gasteiger charge is 2.34. The van der Waals surface area contributed by atoms with E-state index in [1.807, 2.05) is 32.0 Å². The van der Waals surface area contributed by atoms with Gasteiger partial charge >= 0.3 is 0 Å². The fraction of sp³-hybridized carbons (Fsp3) is 0.400. The van der Waals surface area contributed by atoms with Crippen LogP contribution in [0, 0.1) is 17.1 Å². The number of piperidine rings is 1. The minimum atomic E-state index is -0.534. The van der Waals surface area contributed by atoms with Crippen LogP contribution in [0.25, 0.3) is 22.3 Å². The lowest BCUT2D eigenvalue weighted by atomic mass is 9.95. The van der Waals surface area contributed by atoms with E-state index in [2.05, 4.69) is 40.1 Å². The molecule has 3 N–H and O–H groups in total. The molecule has 0 radical (unpaired) electrons. The van der Waals surface area contributed by atoms with Crippen molar-refractivity contribution >= 4 is 22.8 Å². The first-order valence-electron chi connectivity index (χ1n) is 16.0. The number of halogens is 1. The van der Waals surface area contributed by atoms with Crippen LogP contribution in [0.15, 0.2) is 66.5 Å². The van der Waals surface area contributed by atoms with E-state index < -0.39 is 11.4 Å². The molecule has 1 unspecified atom stereocenters. The molecule has 0 spiro atoms. The normalized spacial score (nSPS) is 21.1. The molecule has 3 atom stereocenters. The van der Waals surface area contributed by atoms with Gasteiger partial charge in [-0.25, -0.2) is 19.0 Å². The van der Waals surface area contributed by atoms with Crippen molar-refractivity contribution in [3.8, 4) is 28.8 Å². The molecule has 2 aliphatic rings. The standard InChI is InChI=1S/C35H40FN9O2/c1-22-18-44(19-23(2)41-22)35(3,4)16-24(17-37)34(46)43-14-8-9-25(20-43)45-33-30(32(38)39-21-40-33)31(42-45)28-13-12-27(15-29(28)36)47-26-10-6-5-7-11-26/h5-7,10-13,15-16,21-23,25,41H,8-9,14,18-20H2,1-4H3,(H2,38,39,40)/t22-,23+,25?. The maximum absolute atomic E-state index is 15.7. The third-order valence-corrected chi connectivity index (χ3v) is 8.94. The zero-order chi connectivity index (χ0) is 33.3. The van der Waals surface area contributed by atoms with E-state index in [1.165, 1.54) is 12.4 Å². The summed E-state index contributed by atoms with van der Waals surface area (Å²) in [5.74, 6) is 0.268. The highest BCUT2D eigenvalue weighted by atomic mass is 19.1. The molecular formula is C35H40FN9O2. The monoisotopic (exact) mass is 637 g/mol. The summed E-state index contributed by atoms with van der Waals surface area (Å²) in [6.45, 7) is 10.8. The summed E-state index contributed by atoms with van der Waals surface area (Å²) in [6, 6.07) is 16.2. The van der Waals surface area contributed by atoms with Crippen LogP contribution in [0.4, 0.5) is 10.2 Å². The van der Waals surface area contributed by atoms with Crippen molar-refractivity contribution in [2.45, 2.75) is 64.2 Å². The molecule has 4 aromatic rings. The van der Waals surface area contributed by atoms with Crippen LogP contribution in [0.2, 0.25) is 0 Å². The van der Waals surface area contributed by atoms with Crippen molar-refractivity contribution < 1.29 is 13.9 Å². The van der Waals surface area contributed by atoms with Gasteiger partial charge in [0.1, 0.15) is 46.8 Å². The van der Waals surface area contributed by atoms with Crippen molar-refractivity contribution in [2.75, 3.05) is 31.9 Å². The Kier molecular flexibility index (Phi) is 8.94. The van der Waals surface area contributed by atoms with Gasteiger partial charge in [-0.05, 0) is 70.9 Å². The van der Waals surface area contributed by atoms with Crippen molar-refractivity contribution in [2.24, 2.45) is 0 Å². The number of ether oxygens (including phenoxy) is 1. The number of hydrogen-bond donors (Lipinski definition) is 2. The average Bonchev–Trinajstić information content (AvgIpc) is 3.44. The predicted octanol–water partition coefficient (Wildman–Crippen LogP) is 5.08. The van der Waals surface area contributed by atoms with Crippen molar-refractivity contribution in [3.63, 3.8) is 0 Å². The first-order chi connectivity index (χ1) is 22.5. The minimum Gasteiger partial charge on any atom is -0.457 e. The predicted molar refractivity (Wildman–Crippen MR) is 178 cm³/mol. The average molecular weight is 638 g/mol. The molecule has 1 amide bonds. The molecular weight excluding hydrogens is 597 g/mol. The van der Waals surface area contributed by atoms with Gasteiger partial charge in [0.15, 0.2) is 5.65 Å². The number of likely N-dealkylation sites (tertiary alicyclic amines) is 1. The molecule has 0 aliphatic carbocycles. The second-order valence-corrected chi connectivity index (χ2v) is 13.1. The molecule has 2 fully saturated rings. The SMILES string of the molecule is C[C@@H]1CN(C(C)(C)C=C(C#N)C(=O)N2CCCC(n3nc(-c4ccc(Oc5ccccc5)cc4F)c4c(N)ncnc43)C2)C[C@H](C)N1. The number of hydrogen-bond acceptors (Lipinski definition) is 9. The number of nitrogens with one attached hydrogen (secondary N) is 1. The van der Waals surface area contributed by atoms with Gasteiger partial charge in [-0.3, -0.25) is 9.69 Å². The van der Waals surface area contributed by atoms with Gasteiger partial charge in [0.05, 0.1) is 11.4 Å². The number of para-hydroxylation sites is 1. The summed E-state index contributed by atoms with van der Waals surface area (Å²) < 4.78 is 23.2. The summed E-state index contributed by atoms with van der Waals surface area (Å²) >= 11 is 0. The number of nitrogens with two attached hydrogens (primary N) is 1. The Morgan fingerprint density at radius 3 is 2.55 bits per heavy atom. The lowest BCUT2D eigenvalue weighted by Crippen LogP contribution is -2.59. The molecule has 6 rings (SSSR count). The summed E-state index contributed by atoms with van der Waals surface area (Å²) in [5, 5.41) is 18.9. The number of benzene rings is 2. The van der Waals surface area contributed by atoms with E-state index in [0.29, 0.717) is 66.2 Å². The fourth-order valence-corrected chi connectivity index (χ4v) is 6.71. The second-order valence-electron chi connectivity index (χ2n) is 13.1. The van der Waals surface area contributed by atoms with Crippen molar-refractivity contribution in [1.29, 1.82) is 5.26 Å². The number of fused-ring (bicyclic) bond motifs is 1. The molecule has 244 valence electrons. The lowest BCUT2D eigenvalue weighted by molar-refractivity contribution is -0.128. The number of anilines is 1. The van der Waals surface area contributed by atoms with Gasteiger partial charge in [0, 0.05) is 55.4 Å². The van der Waals surface area contributed by atoms with Crippen LogP contribution in [0.3, 0.4) is 0 Å². The Morgan fingerprint density at radius 2 is 1.85 bits per heavy atom. The van der Waals surface area contributed by atoms with Crippen LogP contribution >= 0.6 is 0 Å². The Labute approximate surface area is 273 Å². The molecule has 2 aromatic heterocycles. The molecule has 0 saturated carbocycles. The molecule has 0 bridgehead atoms. The first-order valence-corrected chi connectivity index (χ1v) is 16.0. The maximum atomic E-state index is 15.7. The zero-order valence-corrected chi connectivity index (χ0v) is 27.2. The van der Waals surface area contributed by atoms with E-state index in [0.717, 1.165) is 13.1 Å². The molecule has 2 saturated heterocycles. The lowest BCUT2D eigenvalue weighted by Gasteiger charge is -2.44. The molecule has 12 heteroatoms. The Bertz CT molecular complexity index is 1840. The number of amides is 1. The van der Waals surface area contributed by atoms with E-state index in [1.54, 1.807) is 39.9 Å². The molecule has 2 aromatic carbocycles. The Balaban J connectivity index is 1.27. The van der Waals surface area contributed by atoms with Crippen molar-refractivity contribution in [3.05, 3.63) is 72.3 Å². The van der Waals surface area contributed by atoms with Crippen LogP contribution < -0.4 is 15.8 Å². The van der Waals surface area contributed by atoms with E-state index in [4.69, 9.17) is 15.6 Å². The largest absolute Gasteiger partial charge is 0.457 e. The topological polar surface area (TPSA) is 138 Å². The van der Waals surface area contributed by atoms with E-state index in [-0.39, 0.29) is 28.9 Å². The summed E-state index contributed by atoms with van der Waals surface area (Å²) in [4.78, 5) is 26.5. The minimum absolute atomic E-state index is 0.118. The Hall–Kier alpha value is -4.86. The van der Waals surface area contributed by atoms with Gasteiger partial charge in [-0.2, -0.15) is 10.4 Å². The third-order valence-electron chi connectivity index (χ3n) is 8.94. The molecule has 47 heavy (non-hydrogen) atoms. The number of rotatable bonds is 7.